The van der Waals surface area contributed by atoms with Crippen molar-refractivity contribution in [3.63, 3.8) is 0 Å². The summed E-state index contributed by atoms with van der Waals surface area (Å²) in [6, 6.07) is 57.5. The van der Waals surface area contributed by atoms with Crippen molar-refractivity contribution < 1.29 is 84.0 Å². The average molecular weight is 1080 g/mol. The monoisotopic (exact) mass is 1080 g/mol. The second-order valence-corrected chi connectivity index (χ2v) is 15.2. The SMILES string of the molecule is CO.CO.O=C([O-])c1c2ccccc2nc2ccccc12.O=C([O-])c1c2ccccc2nc2ccccc12.O=C([O-])c1c2ccccc2nc2ccccc12.O=C([O-])c1c2ccccc2nc2ccccc12.[Cu+2].[Cu+2]. The molecule has 16 heteroatoms. The third-order valence-electron chi connectivity index (χ3n) is 11.2. The van der Waals surface area contributed by atoms with Crippen LogP contribution in [0.15, 0.2) is 194 Å². The number of pyridine rings is 4. The molecule has 0 aliphatic rings. The summed E-state index contributed by atoms with van der Waals surface area (Å²) in [7, 11) is 2.00. The van der Waals surface area contributed by atoms with Crippen LogP contribution in [0, 0.1) is 0 Å². The minimum absolute atomic E-state index is 0. The number of para-hydroxylation sites is 8. The van der Waals surface area contributed by atoms with Crippen LogP contribution in [-0.4, -0.2) is 68.2 Å². The second-order valence-electron chi connectivity index (χ2n) is 15.2. The predicted octanol–water partition coefficient (Wildman–Crippen LogP) is 6.22. The molecular weight excluding hydrogens is 1040 g/mol. The maximum Gasteiger partial charge on any atom is 2.00 e. The zero-order valence-electron chi connectivity index (χ0n) is 39.0. The van der Waals surface area contributed by atoms with Crippen molar-refractivity contribution in [3.05, 3.63) is 216 Å². The van der Waals surface area contributed by atoms with E-state index in [-0.39, 0.29) is 56.4 Å². The number of carboxylic acid groups (broad SMARTS) is 4. The largest absolute Gasteiger partial charge is 2.00 e. The Morgan fingerprint density at radius 3 is 0.473 bits per heavy atom. The van der Waals surface area contributed by atoms with E-state index in [4.69, 9.17) is 10.2 Å². The number of rotatable bonds is 4. The van der Waals surface area contributed by atoms with Crippen molar-refractivity contribution in [1.82, 2.24) is 19.9 Å². The van der Waals surface area contributed by atoms with E-state index in [0.29, 0.717) is 87.2 Å². The number of benzene rings is 8. The van der Waals surface area contributed by atoms with Crippen molar-refractivity contribution in [3.8, 4) is 0 Å². The molecule has 12 rings (SSSR count). The zero-order valence-corrected chi connectivity index (χ0v) is 40.9. The molecule has 74 heavy (non-hydrogen) atoms. The van der Waals surface area contributed by atoms with E-state index in [1.165, 1.54) is 0 Å². The molecule has 0 atom stereocenters. The Balaban J connectivity index is 0.000000177. The Morgan fingerprint density at radius 2 is 0.365 bits per heavy atom. The van der Waals surface area contributed by atoms with Crippen LogP contribution in [0.4, 0.5) is 0 Å². The number of aliphatic hydroxyl groups is 2. The van der Waals surface area contributed by atoms with Gasteiger partial charge in [-0.05, 0) is 48.5 Å². The summed E-state index contributed by atoms with van der Waals surface area (Å²) in [6.07, 6.45) is 0. The Morgan fingerprint density at radius 1 is 0.257 bits per heavy atom. The van der Waals surface area contributed by atoms with Crippen LogP contribution in [-0.2, 0) is 34.1 Å². The summed E-state index contributed by atoms with van der Waals surface area (Å²) in [5, 5.41) is 64.1. The van der Waals surface area contributed by atoms with Crippen molar-refractivity contribution in [2.75, 3.05) is 14.2 Å². The van der Waals surface area contributed by atoms with Crippen molar-refractivity contribution >= 4 is 111 Å². The first-order valence-corrected chi connectivity index (χ1v) is 21.9. The minimum atomic E-state index is -1.17. The van der Waals surface area contributed by atoms with Crippen molar-refractivity contribution in [2.24, 2.45) is 0 Å². The quantitative estimate of drug-likeness (QED) is 0.147. The topological polar surface area (TPSA) is 253 Å². The smallest absolute Gasteiger partial charge is 0.545 e. The third-order valence-corrected chi connectivity index (χ3v) is 11.2. The van der Waals surface area contributed by atoms with Gasteiger partial charge in [0.2, 0.25) is 0 Å². The van der Waals surface area contributed by atoms with Gasteiger partial charge in [0.15, 0.2) is 0 Å². The molecule has 8 aromatic carbocycles. The standard InChI is InChI=1S/4C14H9NO2.2CH4O.2Cu/c4*16-14(17)13-9-5-1-3-7-11(9)15-12-8-4-2-6-10(12)13;2*1-2;;/h4*1-8H,(H,16,17);2*2H,1H3;;/q;;;;;;2*+2/p-4. The minimum Gasteiger partial charge on any atom is -0.545 e. The molecule has 0 fully saturated rings. The van der Waals surface area contributed by atoms with Crippen LogP contribution < -0.4 is 20.4 Å². The molecule has 2 radical (unpaired) electrons. The summed E-state index contributed by atoms with van der Waals surface area (Å²) in [6.45, 7) is 0. The molecule has 2 N–H and O–H groups in total. The van der Waals surface area contributed by atoms with Crippen LogP contribution in [0.1, 0.15) is 41.4 Å². The normalized spacial score (nSPS) is 10.1. The number of aliphatic hydroxyl groups excluding tert-OH is 2. The first-order valence-electron chi connectivity index (χ1n) is 21.9. The predicted molar refractivity (Wildman–Crippen MR) is 271 cm³/mol. The number of carbonyl (C=O) groups excluding carboxylic acids is 4. The number of hydrogen-bond acceptors (Lipinski definition) is 14. The molecule has 4 aromatic heterocycles. The van der Waals surface area contributed by atoms with Crippen molar-refractivity contribution in [1.29, 1.82) is 0 Å². The van der Waals surface area contributed by atoms with Gasteiger partial charge >= 0.3 is 34.1 Å². The molecular formula is C58H40Cu2N4O10. The fourth-order valence-corrected chi connectivity index (χ4v) is 8.24. The summed E-state index contributed by atoms with van der Waals surface area (Å²) >= 11 is 0. The van der Waals surface area contributed by atoms with E-state index in [1.807, 2.05) is 48.5 Å². The summed E-state index contributed by atoms with van der Waals surface area (Å²) in [5.74, 6) is -4.67. The van der Waals surface area contributed by atoms with Gasteiger partial charge in [0.25, 0.3) is 0 Å². The fraction of sp³-hybridized carbons (Fsp3) is 0.0345. The summed E-state index contributed by atoms with van der Waals surface area (Å²) < 4.78 is 0. The first kappa shape index (κ1) is 56.2. The molecule has 14 nitrogen and oxygen atoms in total. The van der Waals surface area contributed by atoms with Crippen LogP contribution in [0.2, 0.25) is 0 Å². The third kappa shape index (κ3) is 12.0. The molecule has 4 heterocycles. The molecule has 0 spiro atoms. The van der Waals surface area contributed by atoms with Gasteiger partial charge in [-0.2, -0.15) is 0 Å². The van der Waals surface area contributed by atoms with Crippen LogP contribution in [0.3, 0.4) is 0 Å². The zero-order chi connectivity index (χ0) is 51.3. The van der Waals surface area contributed by atoms with Gasteiger partial charge < -0.3 is 49.8 Å². The van der Waals surface area contributed by atoms with E-state index in [9.17, 15) is 39.6 Å². The molecule has 12 aromatic rings. The van der Waals surface area contributed by atoms with Crippen LogP contribution >= 0.6 is 0 Å². The number of aromatic carboxylic acids is 4. The van der Waals surface area contributed by atoms with Gasteiger partial charge in [0.1, 0.15) is 0 Å². The van der Waals surface area contributed by atoms with E-state index in [0.717, 1.165) is 14.2 Å². The average Bonchev–Trinajstić information content (AvgIpc) is 3.41. The molecule has 0 bridgehead atoms. The van der Waals surface area contributed by atoms with Gasteiger partial charge in [-0.15, -0.1) is 0 Å². The number of carbonyl (C=O) groups is 4. The molecule has 374 valence electrons. The summed E-state index contributed by atoms with van der Waals surface area (Å²) in [5.41, 5.74) is 6.23. The van der Waals surface area contributed by atoms with E-state index in [2.05, 4.69) is 19.9 Å². The molecule has 0 amide bonds. The molecule has 0 unspecified atom stereocenters. The maximum atomic E-state index is 11.3. The Hall–Kier alpha value is -8.72. The molecule has 0 saturated carbocycles. The number of nitrogens with zero attached hydrogens (tertiary/aromatic N) is 4. The van der Waals surface area contributed by atoms with Gasteiger partial charge in [-0.25, -0.2) is 19.9 Å². The number of hydrogen-bond donors (Lipinski definition) is 2. The van der Waals surface area contributed by atoms with Gasteiger partial charge in [0, 0.05) is 79.6 Å². The number of carboxylic acids is 4. The Bertz CT molecular complexity index is 3260. The molecule has 0 aliphatic carbocycles. The Labute approximate surface area is 443 Å². The van der Waals surface area contributed by atoms with Crippen LogP contribution in [0.5, 0.6) is 0 Å². The van der Waals surface area contributed by atoms with Crippen molar-refractivity contribution in [2.45, 2.75) is 0 Å². The Kier molecular flexibility index (Phi) is 19.8. The second kappa shape index (κ2) is 26.1. The van der Waals surface area contributed by atoms with Crippen LogP contribution in [0.25, 0.3) is 87.2 Å². The van der Waals surface area contributed by atoms with Gasteiger partial charge in [-0.1, -0.05) is 146 Å². The van der Waals surface area contributed by atoms with Gasteiger partial charge in [0.05, 0.1) is 68.0 Å². The van der Waals surface area contributed by atoms with E-state index >= 15 is 0 Å². The molecule has 0 aliphatic heterocycles. The van der Waals surface area contributed by atoms with E-state index in [1.54, 1.807) is 146 Å². The maximum absolute atomic E-state index is 11.3. The summed E-state index contributed by atoms with van der Waals surface area (Å²) in [4.78, 5) is 62.9. The van der Waals surface area contributed by atoms with Gasteiger partial charge in [-0.3, -0.25) is 0 Å². The first-order chi connectivity index (χ1) is 35.1. The number of fused-ring (bicyclic) bond motifs is 8. The number of aromatic nitrogens is 4. The van der Waals surface area contributed by atoms with E-state index < -0.39 is 23.9 Å². The molecule has 0 saturated heterocycles. The fourth-order valence-electron chi connectivity index (χ4n) is 8.24.